The molecule has 14 heavy (non-hydrogen) atoms. The first-order chi connectivity index (χ1) is 6.90. The summed E-state index contributed by atoms with van der Waals surface area (Å²) in [5.41, 5.74) is 1.61. The highest BCUT2D eigenvalue weighted by Crippen LogP contribution is 2.17. The van der Waals surface area contributed by atoms with Gasteiger partial charge in [0.25, 0.3) is 6.54 Å². The van der Waals surface area contributed by atoms with E-state index in [-0.39, 0.29) is 6.54 Å². The Labute approximate surface area is 81.8 Å². The molecule has 0 unspecified atom stereocenters. The summed E-state index contributed by atoms with van der Waals surface area (Å²) in [4.78, 5) is 7.43. The topological polar surface area (TPSA) is 30.4 Å². The van der Waals surface area contributed by atoms with E-state index in [4.69, 9.17) is 11.0 Å². The standard InChI is InChI=1S/C11H8N2O/c1-12-7-10-8-14-11(13-10)9-5-3-2-4-6-9/h2-6,8H,7H2. The molecule has 2 rings (SSSR count). The van der Waals surface area contributed by atoms with Crippen molar-refractivity contribution in [1.82, 2.24) is 4.98 Å². The van der Waals surface area contributed by atoms with E-state index in [1.807, 2.05) is 30.3 Å². The van der Waals surface area contributed by atoms with Gasteiger partial charge in [-0.3, -0.25) is 0 Å². The third-order valence-electron chi connectivity index (χ3n) is 1.81. The van der Waals surface area contributed by atoms with Crippen LogP contribution in [0, 0.1) is 6.57 Å². The molecule has 0 atom stereocenters. The van der Waals surface area contributed by atoms with Crippen molar-refractivity contribution >= 4 is 0 Å². The molecule has 0 bridgehead atoms. The molecule has 0 saturated carbocycles. The lowest BCUT2D eigenvalue weighted by atomic mass is 10.2. The maximum Gasteiger partial charge on any atom is 0.259 e. The number of rotatable bonds is 2. The number of hydrogen-bond donors (Lipinski definition) is 0. The largest absolute Gasteiger partial charge is 0.444 e. The zero-order valence-electron chi connectivity index (χ0n) is 7.47. The highest BCUT2D eigenvalue weighted by molar-refractivity contribution is 5.52. The van der Waals surface area contributed by atoms with Gasteiger partial charge in [-0.15, -0.1) is 0 Å². The molecule has 1 heterocycles. The van der Waals surface area contributed by atoms with Crippen LogP contribution in [-0.4, -0.2) is 4.98 Å². The van der Waals surface area contributed by atoms with Gasteiger partial charge in [0.05, 0.1) is 0 Å². The number of benzene rings is 1. The zero-order chi connectivity index (χ0) is 9.80. The Balaban J connectivity index is 2.31. The summed E-state index contributed by atoms with van der Waals surface area (Å²) in [6.45, 7) is 6.97. The molecule has 0 saturated heterocycles. The van der Waals surface area contributed by atoms with Crippen LogP contribution in [0.4, 0.5) is 0 Å². The fourth-order valence-corrected chi connectivity index (χ4v) is 1.17. The SMILES string of the molecule is [C-]#[N+]Cc1coc(-c2ccccc2)n1. The second-order valence-corrected chi connectivity index (χ2v) is 2.83. The van der Waals surface area contributed by atoms with Gasteiger partial charge in [0, 0.05) is 5.56 Å². The number of oxazole rings is 1. The molecule has 0 aliphatic heterocycles. The second kappa shape index (κ2) is 3.75. The van der Waals surface area contributed by atoms with Gasteiger partial charge >= 0.3 is 0 Å². The van der Waals surface area contributed by atoms with Gasteiger partial charge in [0.2, 0.25) is 5.89 Å². The normalized spacial score (nSPS) is 9.64. The fraction of sp³-hybridized carbons (Fsp3) is 0.0909. The van der Waals surface area contributed by atoms with E-state index < -0.39 is 0 Å². The maximum absolute atomic E-state index is 6.70. The van der Waals surface area contributed by atoms with Gasteiger partial charge in [-0.1, -0.05) is 18.2 Å². The third kappa shape index (κ3) is 1.64. The average molecular weight is 184 g/mol. The molecule has 2 aromatic rings. The van der Waals surface area contributed by atoms with E-state index in [1.54, 1.807) is 0 Å². The van der Waals surface area contributed by atoms with E-state index in [1.165, 1.54) is 6.26 Å². The summed E-state index contributed by atoms with van der Waals surface area (Å²) in [5, 5.41) is 0. The van der Waals surface area contributed by atoms with E-state index in [0.717, 1.165) is 5.56 Å². The fourth-order valence-electron chi connectivity index (χ4n) is 1.17. The predicted molar refractivity (Wildman–Crippen MR) is 52.2 cm³/mol. The molecule has 68 valence electrons. The lowest BCUT2D eigenvalue weighted by molar-refractivity contribution is 0.573. The Bertz CT molecular complexity index is 454. The Morgan fingerprint density at radius 3 is 2.79 bits per heavy atom. The molecule has 3 nitrogen and oxygen atoms in total. The first kappa shape index (κ1) is 8.52. The van der Waals surface area contributed by atoms with Crippen molar-refractivity contribution in [3.63, 3.8) is 0 Å². The van der Waals surface area contributed by atoms with Gasteiger partial charge in [0.15, 0.2) is 5.69 Å². The molecule has 0 aliphatic rings. The Morgan fingerprint density at radius 2 is 2.07 bits per heavy atom. The average Bonchev–Trinajstić information content (AvgIpc) is 2.68. The van der Waals surface area contributed by atoms with Crippen LogP contribution in [0.5, 0.6) is 0 Å². The van der Waals surface area contributed by atoms with Crippen LogP contribution in [0.1, 0.15) is 5.69 Å². The molecule has 0 N–H and O–H groups in total. The molecule has 3 heteroatoms. The molecule has 0 amide bonds. The Kier molecular flexibility index (Phi) is 2.28. The second-order valence-electron chi connectivity index (χ2n) is 2.83. The van der Waals surface area contributed by atoms with Gasteiger partial charge < -0.3 is 9.26 Å². The lowest BCUT2D eigenvalue weighted by Gasteiger charge is -1.91. The van der Waals surface area contributed by atoms with Crippen molar-refractivity contribution in [2.45, 2.75) is 6.54 Å². The van der Waals surface area contributed by atoms with Crippen LogP contribution in [0.2, 0.25) is 0 Å². The number of nitrogens with zero attached hydrogens (tertiary/aromatic N) is 2. The van der Waals surface area contributed by atoms with Crippen molar-refractivity contribution < 1.29 is 4.42 Å². The summed E-state index contributed by atoms with van der Waals surface area (Å²) in [6.07, 6.45) is 1.53. The van der Waals surface area contributed by atoms with Crippen LogP contribution in [0.25, 0.3) is 16.3 Å². The van der Waals surface area contributed by atoms with E-state index in [2.05, 4.69) is 9.83 Å². The van der Waals surface area contributed by atoms with Crippen LogP contribution in [0.15, 0.2) is 41.0 Å². The van der Waals surface area contributed by atoms with Crippen molar-refractivity contribution in [3.8, 4) is 11.5 Å². The van der Waals surface area contributed by atoms with Gasteiger partial charge in [-0.2, -0.15) is 0 Å². The molecule has 0 radical (unpaired) electrons. The molecule has 1 aromatic heterocycles. The van der Waals surface area contributed by atoms with Gasteiger partial charge in [-0.25, -0.2) is 11.6 Å². The molecule has 1 aromatic carbocycles. The lowest BCUT2D eigenvalue weighted by Crippen LogP contribution is -1.79. The van der Waals surface area contributed by atoms with Crippen molar-refractivity contribution in [3.05, 3.63) is 53.7 Å². The summed E-state index contributed by atoms with van der Waals surface area (Å²) in [6, 6.07) is 9.63. The smallest absolute Gasteiger partial charge is 0.259 e. The Morgan fingerprint density at radius 1 is 1.29 bits per heavy atom. The zero-order valence-corrected chi connectivity index (χ0v) is 7.47. The summed E-state index contributed by atoms with van der Waals surface area (Å²) in [7, 11) is 0. The first-order valence-electron chi connectivity index (χ1n) is 4.23. The molecule has 0 fully saturated rings. The van der Waals surface area contributed by atoms with Gasteiger partial charge in [-0.05, 0) is 12.1 Å². The van der Waals surface area contributed by atoms with Crippen LogP contribution in [-0.2, 0) is 6.54 Å². The molecular formula is C11H8N2O. The highest BCUT2D eigenvalue weighted by Gasteiger charge is 2.06. The minimum atomic E-state index is 0.274. The van der Waals surface area contributed by atoms with Crippen molar-refractivity contribution in [2.24, 2.45) is 0 Å². The van der Waals surface area contributed by atoms with E-state index in [0.29, 0.717) is 11.6 Å². The third-order valence-corrected chi connectivity index (χ3v) is 1.81. The monoisotopic (exact) mass is 184 g/mol. The highest BCUT2D eigenvalue weighted by atomic mass is 16.3. The minimum Gasteiger partial charge on any atom is -0.444 e. The molecule has 0 aliphatic carbocycles. The van der Waals surface area contributed by atoms with Crippen molar-refractivity contribution in [1.29, 1.82) is 0 Å². The number of aromatic nitrogens is 1. The molecular weight excluding hydrogens is 176 g/mol. The summed E-state index contributed by atoms with van der Waals surface area (Å²) >= 11 is 0. The van der Waals surface area contributed by atoms with Crippen LogP contribution in [0.3, 0.4) is 0 Å². The van der Waals surface area contributed by atoms with Crippen LogP contribution < -0.4 is 0 Å². The number of hydrogen-bond acceptors (Lipinski definition) is 2. The minimum absolute atomic E-state index is 0.274. The summed E-state index contributed by atoms with van der Waals surface area (Å²) in [5.74, 6) is 0.573. The van der Waals surface area contributed by atoms with Gasteiger partial charge in [0.1, 0.15) is 6.26 Å². The Hall–Kier alpha value is -2.08. The predicted octanol–water partition coefficient (Wildman–Crippen LogP) is 2.76. The van der Waals surface area contributed by atoms with E-state index >= 15 is 0 Å². The van der Waals surface area contributed by atoms with E-state index in [9.17, 15) is 0 Å². The summed E-state index contributed by atoms with van der Waals surface area (Å²) < 4.78 is 5.25. The molecule has 0 spiro atoms. The maximum atomic E-state index is 6.70. The van der Waals surface area contributed by atoms with Crippen LogP contribution >= 0.6 is 0 Å². The quantitative estimate of drug-likeness (QED) is 0.672. The van der Waals surface area contributed by atoms with Crippen molar-refractivity contribution in [2.75, 3.05) is 0 Å². The first-order valence-corrected chi connectivity index (χ1v) is 4.23.